The van der Waals surface area contributed by atoms with Crippen molar-refractivity contribution in [2.24, 2.45) is 5.92 Å². The Kier molecular flexibility index (Phi) is 3.48. The van der Waals surface area contributed by atoms with Crippen molar-refractivity contribution in [3.05, 3.63) is 29.3 Å². The van der Waals surface area contributed by atoms with Gasteiger partial charge in [-0.15, -0.1) is 11.3 Å². The summed E-state index contributed by atoms with van der Waals surface area (Å²) in [6, 6.07) is 8.09. The summed E-state index contributed by atoms with van der Waals surface area (Å²) in [6.07, 6.45) is 0.647. The van der Waals surface area contributed by atoms with Gasteiger partial charge in [-0.05, 0) is 31.1 Å². The number of carbonyl (C=O) groups excluding carboxylic acids is 1. The van der Waals surface area contributed by atoms with Gasteiger partial charge in [0.25, 0.3) is 0 Å². The molecule has 2 heterocycles. The molecular weight excluding hydrogens is 258 g/mol. The molecule has 1 aromatic heterocycles. The molecule has 1 amide bonds. The minimum absolute atomic E-state index is 0.214. The molecule has 3 rings (SSSR count). The van der Waals surface area contributed by atoms with E-state index < -0.39 is 0 Å². The normalized spacial score (nSPS) is 15.4. The fraction of sp³-hybridized carbons (Fsp3) is 0.429. The monoisotopic (exact) mass is 275 g/mol. The summed E-state index contributed by atoms with van der Waals surface area (Å²) in [6.45, 7) is 2.56. The first kappa shape index (κ1) is 12.6. The van der Waals surface area contributed by atoms with Gasteiger partial charge in [0.05, 0.1) is 16.8 Å². The lowest BCUT2D eigenvalue weighted by Crippen LogP contribution is -2.44. The van der Waals surface area contributed by atoms with Crippen molar-refractivity contribution < 1.29 is 4.79 Å². The summed E-state index contributed by atoms with van der Waals surface area (Å²) in [7, 11) is 1.86. The van der Waals surface area contributed by atoms with Crippen LogP contribution in [-0.4, -0.2) is 35.9 Å². The molecular formula is C14H17N3OS. The zero-order valence-electron chi connectivity index (χ0n) is 10.9. The SMILES string of the molecule is CN(Cc1nc2ccccc2s1)C(=O)CC1CNC1. The molecule has 0 bridgehead atoms. The zero-order chi connectivity index (χ0) is 13.2. The molecule has 1 fully saturated rings. The number of benzene rings is 1. The van der Waals surface area contributed by atoms with E-state index in [0.29, 0.717) is 18.9 Å². The Morgan fingerprint density at radius 2 is 2.26 bits per heavy atom. The van der Waals surface area contributed by atoms with Crippen molar-refractivity contribution in [2.45, 2.75) is 13.0 Å². The highest BCUT2D eigenvalue weighted by Crippen LogP contribution is 2.22. The van der Waals surface area contributed by atoms with Crippen LogP contribution in [-0.2, 0) is 11.3 Å². The maximum absolute atomic E-state index is 12.0. The fourth-order valence-corrected chi connectivity index (χ4v) is 3.20. The van der Waals surface area contributed by atoms with E-state index in [9.17, 15) is 4.79 Å². The fourth-order valence-electron chi connectivity index (χ4n) is 2.17. The van der Waals surface area contributed by atoms with Gasteiger partial charge in [-0.1, -0.05) is 12.1 Å². The Morgan fingerprint density at radius 1 is 1.47 bits per heavy atom. The van der Waals surface area contributed by atoms with Gasteiger partial charge < -0.3 is 10.2 Å². The van der Waals surface area contributed by atoms with E-state index in [2.05, 4.69) is 16.4 Å². The largest absolute Gasteiger partial charge is 0.339 e. The molecule has 1 aliphatic heterocycles. The number of thiazole rings is 1. The minimum atomic E-state index is 0.214. The highest BCUT2D eigenvalue weighted by molar-refractivity contribution is 7.18. The summed E-state index contributed by atoms with van der Waals surface area (Å²) in [5, 5.41) is 4.20. The molecule has 0 atom stereocenters. The molecule has 100 valence electrons. The molecule has 0 saturated carbocycles. The average Bonchev–Trinajstić information content (AvgIpc) is 2.75. The van der Waals surface area contributed by atoms with E-state index >= 15 is 0 Å². The average molecular weight is 275 g/mol. The lowest BCUT2D eigenvalue weighted by atomic mass is 9.99. The lowest BCUT2D eigenvalue weighted by molar-refractivity contribution is -0.131. The number of nitrogens with one attached hydrogen (secondary N) is 1. The highest BCUT2D eigenvalue weighted by Gasteiger charge is 2.22. The Bertz CT molecular complexity index is 558. The van der Waals surface area contributed by atoms with Crippen LogP contribution in [0.2, 0.25) is 0 Å². The number of hydrogen-bond donors (Lipinski definition) is 1. The Morgan fingerprint density at radius 3 is 2.95 bits per heavy atom. The Hall–Kier alpha value is -1.46. The number of hydrogen-bond acceptors (Lipinski definition) is 4. The second-order valence-corrected chi connectivity index (χ2v) is 6.17. The Labute approximate surface area is 116 Å². The molecule has 0 unspecified atom stereocenters. The van der Waals surface area contributed by atoms with Crippen LogP contribution < -0.4 is 5.32 Å². The third kappa shape index (κ3) is 2.77. The van der Waals surface area contributed by atoms with Crippen LogP contribution in [0.1, 0.15) is 11.4 Å². The third-order valence-corrected chi connectivity index (χ3v) is 4.49. The molecule has 1 N–H and O–H groups in total. The first-order valence-corrected chi connectivity index (χ1v) is 7.33. The van der Waals surface area contributed by atoms with Gasteiger partial charge >= 0.3 is 0 Å². The number of aromatic nitrogens is 1. The smallest absolute Gasteiger partial charge is 0.223 e. The highest BCUT2D eigenvalue weighted by atomic mass is 32.1. The van der Waals surface area contributed by atoms with E-state index in [1.807, 2.05) is 25.2 Å². The quantitative estimate of drug-likeness (QED) is 0.926. The van der Waals surface area contributed by atoms with Gasteiger partial charge in [0.2, 0.25) is 5.91 Å². The number of rotatable bonds is 4. The van der Waals surface area contributed by atoms with Crippen molar-refractivity contribution >= 4 is 27.5 Å². The maximum atomic E-state index is 12.0. The van der Waals surface area contributed by atoms with Crippen LogP contribution in [0.5, 0.6) is 0 Å². The second-order valence-electron chi connectivity index (χ2n) is 5.05. The van der Waals surface area contributed by atoms with Crippen LogP contribution in [0.4, 0.5) is 0 Å². The first-order chi connectivity index (χ1) is 9.22. The van der Waals surface area contributed by atoms with E-state index in [0.717, 1.165) is 23.6 Å². The van der Waals surface area contributed by atoms with E-state index in [4.69, 9.17) is 0 Å². The number of amides is 1. The van der Waals surface area contributed by atoms with Gasteiger partial charge in [-0.2, -0.15) is 0 Å². The summed E-state index contributed by atoms with van der Waals surface area (Å²) in [5.74, 6) is 0.732. The second kappa shape index (κ2) is 5.27. The molecule has 1 aromatic carbocycles. The van der Waals surface area contributed by atoms with Crippen molar-refractivity contribution in [3.8, 4) is 0 Å². The van der Waals surface area contributed by atoms with Crippen LogP contribution in [0, 0.1) is 5.92 Å². The van der Waals surface area contributed by atoms with E-state index in [-0.39, 0.29) is 5.91 Å². The molecule has 19 heavy (non-hydrogen) atoms. The first-order valence-electron chi connectivity index (χ1n) is 6.51. The standard InChI is InChI=1S/C14H17N3OS/c1-17(14(18)6-10-7-15-8-10)9-13-16-11-4-2-3-5-12(11)19-13/h2-5,10,15H,6-9H2,1H3. The summed E-state index contributed by atoms with van der Waals surface area (Å²) in [4.78, 5) is 18.4. The number of para-hydroxylation sites is 1. The number of nitrogens with zero attached hydrogens (tertiary/aromatic N) is 2. The molecule has 1 aliphatic rings. The minimum Gasteiger partial charge on any atom is -0.339 e. The molecule has 0 radical (unpaired) electrons. The van der Waals surface area contributed by atoms with Crippen molar-refractivity contribution in [1.82, 2.24) is 15.2 Å². The number of fused-ring (bicyclic) bond motifs is 1. The van der Waals surface area contributed by atoms with Gasteiger partial charge in [-0.3, -0.25) is 4.79 Å². The third-order valence-electron chi connectivity index (χ3n) is 3.47. The predicted octanol–water partition coefficient (Wildman–Crippen LogP) is 1.86. The topological polar surface area (TPSA) is 45.2 Å². The van der Waals surface area contributed by atoms with E-state index in [1.165, 1.54) is 4.70 Å². The van der Waals surface area contributed by atoms with Crippen molar-refractivity contribution in [3.63, 3.8) is 0 Å². The van der Waals surface area contributed by atoms with Crippen LogP contribution in [0.3, 0.4) is 0 Å². The summed E-state index contributed by atoms with van der Waals surface area (Å²) < 4.78 is 1.18. The number of carbonyl (C=O) groups is 1. The summed E-state index contributed by atoms with van der Waals surface area (Å²) >= 11 is 1.66. The lowest BCUT2D eigenvalue weighted by Gasteiger charge is -2.28. The van der Waals surface area contributed by atoms with Crippen LogP contribution in [0.25, 0.3) is 10.2 Å². The molecule has 0 spiro atoms. The van der Waals surface area contributed by atoms with Crippen LogP contribution >= 0.6 is 11.3 Å². The molecule has 0 aliphatic carbocycles. The zero-order valence-corrected chi connectivity index (χ0v) is 11.7. The Balaban J connectivity index is 1.64. The molecule has 5 heteroatoms. The van der Waals surface area contributed by atoms with Crippen molar-refractivity contribution in [2.75, 3.05) is 20.1 Å². The maximum Gasteiger partial charge on any atom is 0.223 e. The summed E-state index contributed by atoms with van der Waals surface area (Å²) in [5.41, 5.74) is 1.02. The van der Waals surface area contributed by atoms with Crippen molar-refractivity contribution in [1.29, 1.82) is 0 Å². The van der Waals surface area contributed by atoms with Crippen LogP contribution in [0.15, 0.2) is 24.3 Å². The van der Waals surface area contributed by atoms with Gasteiger partial charge in [0, 0.05) is 13.5 Å². The molecule has 1 saturated heterocycles. The van der Waals surface area contributed by atoms with Gasteiger partial charge in [0.1, 0.15) is 5.01 Å². The van der Waals surface area contributed by atoms with Gasteiger partial charge in [-0.25, -0.2) is 4.98 Å². The van der Waals surface area contributed by atoms with E-state index in [1.54, 1.807) is 16.2 Å². The predicted molar refractivity (Wildman–Crippen MR) is 77.1 cm³/mol. The molecule has 2 aromatic rings. The molecule has 4 nitrogen and oxygen atoms in total. The van der Waals surface area contributed by atoms with Gasteiger partial charge in [0.15, 0.2) is 0 Å².